The van der Waals surface area contributed by atoms with Crippen LogP contribution in [0, 0.1) is 16.7 Å². The molecule has 0 radical (unpaired) electrons. The van der Waals surface area contributed by atoms with Crippen molar-refractivity contribution in [1.29, 1.82) is 0 Å². The molecule has 0 aromatic heterocycles. The molecule has 2 atom stereocenters. The molecule has 0 spiro atoms. The predicted octanol–water partition coefficient (Wildman–Crippen LogP) is 2.22. The highest BCUT2D eigenvalue weighted by molar-refractivity contribution is 5.14. The van der Waals surface area contributed by atoms with Gasteiger partial charge in [-0.15, -0.1) is 6.58 Å². The molecule has 1 aliphatic rings. The van der Waals surface area contributed by atoms with Crippen LogP contribution in [0.5, 0.6) is 0 Å². The van der Waals surface area contributed by atoms with Crippen LogP contribution in [0.1, 0.15) is 27.2 Å². The first-order valence-electron chi connectivity index (χ1n) is 4.21. The van der Waals surface area contributed by atoms with Crippen molar-refractivity contribution in [3.05, 3.63) is 12.7 Å². The molecule has 0 saturated heterocycles. The normalized spacial score (nSPS) is 36.9. The lowest BCUT2D eigenvalue weighted by Crippen LogP contribution is -2.27. The summed E-state index contributed by atoms with van der Waals surface area (Å²) in [6.07, 6.45) is 3.08. The minimum absolute atomic E-state index is 0.134. The summed E-state index contributed by atoms with van der Waals surface area (Å²) in [6.45, 7) is 10.6. The molecule has 0 heterocycles. The second-order valence-electron chi connectivity index (χ2n) is 4.61. The molecule has 1 N–H and O–H groups in total. The first kappa shape index (κ1) is 8.79. The molecule has 0 amide bonds. The SMILES string of the molecule is C=CC1CC1(CO)C(C)(C)C. The van der Waals surface area contributed by atoms with Gasteiger partial charge in [-0.05, 0) is 17.8 Å². The third-order valence-corrected chi connectivity index (χ3v) is 3.19. The Morgan fingerprint density at radius 2 is 2.18 bits per heavy atom. The highest BCUT2D eigenvalue weighted by atomic mass is 16.3. The molecule has 2 unspecified atom stereocenters. The largest absolute Gasteiger partial charge is 0.396 e. The summed E-state index contributed by atoms with van der Waals surface area (Å²) in [5.41, 5.74) is 0.343. The first-order chi connectivity index (χ1) is 4.98. The fourth-order valence-electron chi connectivity index (χ4n) is 1.92. The van der Waals surface area contributed by atoms with E-state index in [0.29, 0.717) is 12.5 Å². The molecule has 64 valence electrons. The van der Waals surface area contributed by atoms with Crippen molar-refractivity contribution in [3.8, 4) is 0 Å². The molecule has 1 rings (SSSR count). The van der Waals surface area contributed by atoms with E-state index in [2.05, 4.69) is 27.4 Å². The Bertz CT molecular complexity index is 166. The lowest BCUT2D eigenvalue weighted by atomic mass is 9.76. The maximum atomic E-state index is 9.25. The molecule has 0 bridgehead atoms. The number of hydrogen-bond acceptors (Lipinski definition) is 1. The molecule has 0 aliphatic heterocycles. The highest BCUT2D eigenvalue weighted by Gasteiger charge is 2.58. The zero-order chi connectivity index (χ0) is 8.70. The van der Waals surface area contributed by atoms with E-state index < -0.39 is 0 Å². The Morgan fingerprint density at radius 1 is 1.64 bits per heavy atom. The van der Waals surface area contributed by atoms with Crippen molar-refractivity contribution < 1.29 is 5.11 Å². The third kappa shape index (κ3) is 1.12. The summed E-state index contributed by atoms with van der Waals surface area (Å²) >= 11 is 0. The summed E-state index contributed by atoms with van der Waals surface area (Å²) in [6, 6.07) is 0. The second kappa shape index (κ2) is 2.34. The van der Waals surface area contributed by atoms with E-state index in [1.807, 2.05) is 6.08 Å². The van der Waals surface area contributed by atoms with Crippen molar-refractivity contribution in [3.63, 3.8) is 0 Å². The molecule has 1 nitrogen and oxygen atoms in total. The zero-order valence-electron chi connectivity index (χ0n) is 7.72. The van der Waals surface area contributed by atoms with Gasteiger partial charge >= 0.3 is 0 Å². The minimum atomic E-state index is 0.134. The smallest absolute Gasteiger partial charge is 0.0498 e. The first-order valence-corrected chi connectivity index (χ1v) is 4.21. The number of aliphatic hydroxyl groups excluding tert-OH is 1. The summed E-state index contributed by atoms with van der Waals surface area (Å²) in [7, 11) is 0. The zero-order valence-corrected chi connectivity index (χ0v) is 7.72. The summed E-state index contributed by atoms with van der Waals surface area (Å²) in [4.78, 5) is 0. The molecular weight excluding hydrogens is 136 g/mol. The number of allylic oxidation sites excluding steroid dienone is 1. The lowest BCUT2D eigenvalue weighted by molar-refractivity contribution is 0.100. The van der Waals surface area contributed by atoms with Crippen molar-refractivity contribution in [1.82, 2.24) is 0 Å². The van der Waals surface area contributed by atoms with Crippen LogP contribution in [-0.2, 0) is 0 Å². The monoisotopic (exact) mass is 154 g/mol. The van der Waals surface area contributed by atoms with Crippen LogP contribution in [0.3, 0.4) is 0 Å². The summed E-state index contributed by atoms with van der Waals surface area (Å²) < 4.78 is 0. The van der Waals surface area contributed by atoms with E-state index >= 15 is 0 Å². The molecule has 0 aromatic carbocycles. The molecule has 1 fully saturated rings. The van der Waals surface area contributed by atoms with Crippen molar-refractivity contribution >= 4 is 0 Å². The van der Waals surface area contributed by atoms with E-state index in [-0.39, 0.29) is 10.8 Å². The van der Waals surface area contributed by atoms with Crippen LogP contribution in [0.15, 0.2) is 12.7 Å². The maximum Gasteiger partial charge on any atom is 0.0498 e. The van der Waals surface area contributed by atoms with Gasteiger partial charge in [0.25, 0.3) is 0 Å². The molecule has 11 heavy (non-hydrogen) atoms. The van der Waals surface area contributed by atoms with Crippen LogP contribution in [-0.4, -0.2) is 11.7 Å². The molecule has 1 saturated carbocycles. The van der Waals surface area contributed by atoms with E-state index in [9.17, 15) is 5.11 Å². The van der Waals surface area contributed by atoms with Gasteiger partial charge in [0, 0.05) is 12.0 Å². The molecule has 0 aromatic rings. The molecule has 1 heteroatoms. The quantitative estimate of drug-likeness (QED) is 0.605. The van der Waals surface area contributed by atoms with Gasteiger partial charge in [-0.25, -0.2) is 0 Å². The number of hydrogen-bond donors (Lipinski definition) is 1. The van der Waals surface area contributed by atoms with Crippen LogP contribution < -0.4 is 0 Å². The van der Waals surface area contributed by atoms with E-state index in [1.165, 1.54) is 0 Å². The van der Waals surface area contributed by atoms with Gasteiger partial charge in [0.1, 0.15) is 0 Å². The average Bonchev–Trinajstić information content (AvgIpc) is 2.60. The van der Waals surface area contributed by atoms with Gasteiger partial charge in [0.15, 0.2) is 0 Å². The van der Waals surface area contributed by atoms with Gasteiger partial charge in [0.2, 0.25) is 0 Å². The van der Waals surface area contributed by atoms with Crippen LogP contribution in [0.4, 0.5) is 0 Å². The lowest BCUT2D eigenvalue weighted by Gasteiger charge is -2.30. The maximum absolute atomic E-state index is 9.25. The third-order valence-electron chi connectivity index (χ3n) is 3.19. The van der Waals surface area contributed by atoms with Crippen molar-refractivity contribution in [2.24, 2.45) is 16.7 Å². The van der Waals surface area contributed by atoms with E-state index in [1.54, 1.807) is 0 Å². The standard InChI is InChI=1S/C10H18O/c1-5-8-6-10(8,7-11)9(2,3)4/h5,8,11H,1,6-7H2,2-4H3. The van der Waals surface area contributed by atoms with E-state index in [4.69, 9.17) is 0 Å². The molecule has 1 aliphatic carbocycles. The Balaban J connectivity index is 2.74. The van der Waals surface area contributed by atoms with Gasteiger partial charge in [-0.2, -0.15) is 0 Å². The van der Waals surface area contributed by atoms with Gasteiger partial charge < -0.3 is 5.11 Å². The molecular formula is C10H18O. The van der Waals surface area contributed by atoms with Crippen molar-refractivity contribution in [2.75, 3.05) is 6.61 Å². The average molecular weight is 154 g/mol. The Morgan fingerprint density at radius 3 is 2.27 bits per heavy atom. The predicted molar refractivity (Wildman–Crippen MR) is 47.3 cm³/mol. The van der Waals surface area contributed by atoms with Gasteiger partial charge in [0.05, 0.1) is 0 Å². The Kier molecular flexibility index (Phi) is 1.87. The summed E-state index contributed by atoms with van der Waals surface area (Å²) in [5, 5.41) is 9.25. The van der Waals surface area contributed by atoms with Gasteiger partial charge in [-0.3, -0.25) is 0 Å². The number of aliphatic hydroxyl groups is 1. The fraction of sp³-hybridized carbons (Fsp3) is 0.800. The fourth-order valence-corrected chi connectivity index (χ4v) is 1.92. The Labute approximate surface area is 69.1 Å². The topological polar surface area (TPSA) is 20.2 Å². The van der Waals surface area contributed by atoms with E-state index in [0.717, 1.165) is 6.42 Å². The van der Waals surface area contributed by atoms with Crippen LogP contribution in [0.25, 0.3) is 0 Å². The van der Waals surface area contributed by atoms with Crippen molar-refractivity contribution in [2.45, 2.75) is 27.2 Å². The van der Waals surface area contributed by atoms with Gasteiger partial charge in [-0.1, -0.05) is 26.8 Å². The minimum Gasteiger partial charge on any atom is -0.396 e. The number of rotatable bonds is 2. The second-order valence-corrected chi connectivity index (χ2v) is 4.61. The Hall–Kier alpha value is -0.300. The highest BCUT2D eigenvalue weighted by Crippen LogP contribution is 2.63. The van der Waals surface area contributed by atoms with Crippen LogP contribution in [0.2, 0.25) is 0 Å². The van der Waals surface area contributed by atoms with Crippen LogP contribution >= 0.6 is 0 Å². The summed E-state index contributed by atoms with van der Waals surface area (Å²) in [5.74, 6) is 0.535.